The summed E-state index contributed by atoms with van der Waals surface area (Å²) in [6.07, 6.45) is 8.14. The molecule has 2 saturated carbocycles. The topological polar surface area (TPSA) is 21.3 Å². The smallest absolute Gasteiger partial charge is 0.122 e. The van der Waals surface area contributed by atoms with E-state index >= 15 is 0 Å². The molecule has 0 aromatic heterocycles. The second-order valence-corrected chi connectivity index (χ2v) is 7.09. The third-order valence-electron chi connectivity index (χ3n) is 5.79. The van der Waals surface area contributed by atoms with E-state index < -0.39 is 0 Å². The van der Waals surface area contributed by atoms with E-state index in [9.17, 15) is 0 Å². The lowest BCUT2D eigenvalue weighted by atomic mass is 9.97. The van der Waals surface area contributed by atoms with Gasteiger partial charge in [-0.1, -0.05) is 31.9 Å². The highest BCUT2D eigenvalue weighted by Crippen LogP contribution is 2.60. The van der Waals surface area contributed by atoms with Crippen LogP contribution in [0.3, 0.4) is 0 Å². The molecule has 2 nitrogen and oxygen atoms in total. The summed E-state index contributed by atoms with van der Waals surface area (Å²) in [7, 11) is 0. The van der Waals surface area contributed by atoms with Gasteiger partial charge in [0, 0.05) is 12.5 Å². The van der Waals surface area contributed by atoms with Crippen LogP contribution >= 0.6 is 0 Å². The van der Waals surface area contributed by atoms with E-state index in [1.54, 1.807) is 0 Å². The zero-order valence-electron chi connectivity index (χ0n) is 13.1. The minimum Gasteiger partial charge on any atom is -0.493 e. The summed E-state index contributed by atoms with van der Waals surface area (Å²) in [4.78, 5) is 0. The first-order valence-corrected chi connectivity index (χ1v) is 8.87. The number of hydrogen-bond donors (Lipinski definition) is 1. The quantitative estimate of drug-likeness (QED) is 0.879. The minimum absolute atomic E-state index is 0.573. The minimum atomic E-state index is 0.573. The second-order valence-electron chi connectivity index (χ2n) is 7.09. The molecule has 0 spiro atoms. The summed E-state index contributed by atoms with van der Waals surface area (Å²) < 4.78 is 5.66. The monoisotopic (exact) mass is 285 g/mol. The van der Waals surface area contributed by atoms with Crippen LogP contribution in [0, 0.1) is 17.8 Å². The van der Waals surface area contributed by atoms with Gasteiger partial charge in [-0.3, -0.25) is 0 Å². The average Bonchev–Trinajstić information content (AvgIpc) is 3.04. The molecule has 1 aromatic carbocycles. The van der Waals surface area contributed by atoms with Crippen molar-refractivity contribution in [1.29, 1.82) is 0 Å². The fourth-order valence-corrected chi connectivity index (χ4v) is 4.72. The van der Waals surface area contributed by atoms with Gasteiger partial charge in [-0.15, -0.1) is 0 Å². The first kappa shape index (κ1) is 13.6. The fourth-order valence-electron chi connectivity index (χ4n) is 4.72. The van der Waals surface area contributed by atoms with E-state index in [-0.39, 0.29) is 0 Å². The molecule has 114 valence electrons. The molecule has 1 aliphatic heterocycles. The van der Waals surface area contributed by atoms with Crippen LogP contribution in [-0.2, 0) is 6.42 Å². The number of nitrogens with one attached hydrogen (secondary N) is 1. The van der Waals surface area contributed by atoms with E-state index in [4.69, 9.17) is 4.74 Å². The zero-order valence-corrected chi connectivity index (χ0v) is 13.1. The van der Waals surface area contributed by atoms with Crippen molar-refractivity contribution in [1.82, 2.24) is 5.32 Å². The van der Waals surface area contributed by atoms with Crippen LogP contribution in [0.5, 0.6) is 5.75 Å². The predicted molar refractivity (Wildman–Crippen MR) is 85.6 cm³/mol. The standard InChI is InChI=1S/C19H27NO/c1-2-10-20-19(18-15-5-3-4-6-16(15)18)14-7-8-17-13(12-14)9-11-21-17/h7-8,12,15-16,18-20H,2-6,9-11H2,1H3. The number of fused-ring (bicyclic) bond motifs is 2. The molecule has 1 N–H and O–H groups in total. The third kappa shape index (κ3) is 2.48. The first-order chi connectivity index (χ1) is 10.4. The van der Waals surface area contributed by atoms with Gasteiger partial charge < -0.3 is 10.1 Å². The van der Waals surface area contributed by atoms with Gasteiger partial charge in [-0.25, -0.2) is 0 Å². The number of hydrogen-bond acceptors (Lipinski definition) is 2. The van der Waals surface area contributed by atoms with Crippen molar-refractivity contribution >= 4 is 0 Å². The van der Waals surface area contributed by atoms with Crippen molar-refractivity contribution in [3.63, 3.8) is 0 Å². The van der Waals surface area contributed by atoms with E-state index in [1.165, 1.54) is 43.2 Å². The van der Waals surface area contributed by atoms with Crippen molar-refractivity contribution in [3.05, 3.63) is 29.3 Å². The molecule has 1 heterocycles. The first-order valence-electron chi connectivity index (χ1n) is 8.87. The Kier molecular flexibility index (Phi) is 3.66. The molecule has 2 aliphatic carbocycles. The normalized spacial score (nSPS) is 31.2. The Bertz CT molecular complexity index is 500. The van der Waals surface area contributed by atoms with Crippen molar-refractivity contribution in [2.24, 2.45) is 17.8 Å². The van der Waals surface area contributed by atoms with Crippen molar-refractivity contribution in [2.75, 3.05) is 13.2 Å². The lowest BCUT2D eigenvalue weighted by molar-refractivity contribution is 0.356. The highest BCUT2D eigenvalue weighted by Gasteiger charge is 2.54. The van der Waals surface area contributed by atoms with Crippen LogP contribution in [0.15, 0.2) is 18.2 Å². The fraction of sp³-hybridized carbons (Fsp3) is 0.684. The Labute approximate surface area is 128 Å². The number of rotatable bonds is 5. The van der Waals surface area contributed by atoms with Crippen LogP contribution in [0.25, 0.3) is 0 Å². The predicted octanol–water partition coefficient (Wildman–Crippen LogP) is 4.10. The largest absolute Gasteiger partial charge is 0.493 e. The Morgan fingerprint density at radius 3 is 2.81 bits per heavy atom. The Balaban J connectivity index is 1.57. The van der Waals surface area contributed by atoms with Gasteiger partial charge in [0.25, 0.3) is 0 Å². The van der Waals surface area contributed by atoms with Gasteiger partial charge in [0.1, 0.15) is 5.75 Å². The summed E-state index contributed by atoms with van der Waals surface area (Å²) >= 11 is 0. The zero-order chi connectivity index (χ0) is 14.2. The van der Waals surface area contributed by atoms with Crippen LogP contribution < -0.4 is 10.1 Å². The van der Waals surface area contributed by atoms with E-state index in [0.717, 1.165) is 43.1 Å². The maximum atomic E-state index is 5.66. The summed E-state index contributed by atoms with van der Waals surface area (Å²) in [6.45, 7) is 4.26. The summed E-state index contributed by atoms with van der Waals surface area (Å²) in [5, 5.41) is 3.85. The van der Waals surface area contributed by atoms with E-state index in [2.05, 4.69) is 30.4 Å². The van der Waals surface area contributed by atoms with Gasteiger partial charge in [0.2, 0.25) is 0 Å². The molecule has 2 heteroatoms. The van der Waals surface area contributed by atoms with Gasteiger partial charge in [-0.2, -0.15) is 0 Å². The molecule has 4 rings (SSSR count). The van der Waals surface area contributed by atoms with Crippen molar-refractivity contribution in [2.45, 2.75) is 51.5 Å². The number of ether oxygens (including phenoxy) is 1. The number of benzene rings is 1. The highest BCUT2D eigenvalue weighted by molar-refractivity contribution is 5.41. The molecule has 3 aliphatic rings. The summed E-state index contributed by atoms with van der Waals surface area (Å²) in [6, 6.07) is 7.50. The Morgan fingerprint density at radius 2 is 2.05 bits per heavy atom. The third-order valence-corrected chi connectivity index (χ3v) is 5.79. The van der Waals surface area contributed by atoms with Crippen LogP contribution in [-0.4, -0.2) is 13.2 Å². The molecule has 0 saturated heterocycles. The SMILES string of the molecule is CCCNC(c1ccc2c(c1)CCO2)C1C2CCCCC21. The highest BCUT2D eigenvalue weighted by atomic mass is 16.5. The maximum absolute atomic E-state index is 5.66. The van der Waals surface area contributed by atoms with E-state index in [1.807, 2.05) is 0 Å². The molecule has 21 heavy (non-hydrogen) atoms. The molecular weight excluding hydrogens is 258 g/mol. The summed E-state index contributed by atoms with van der Waals surface area (Å²) in [5.74, 6) is 4.00. The molecule has 1 aromatic rings. The molecule has 0 amide bonds. The van der Waals surface area contributed by atoms with Gasteiger partial charge in [0.15, 0.2) is 0 Å². The Morgan fingerprint density at radius 1 is 1.24 bits per heavy atom. The van der Waals surface area contributed by atoms with Crippen LogP contribution in [0.1, 0.15) is 56.2 Å². The molecule has 2 fully saturated rings. The second kappa shape index (κ2) is 5.64. The lowest BCUT2D eigenvalue weighted by Gasteiger charge is -2.20. The molecule has 3 unspecified atom stereocenters. The maximum Gasteiger partial charge on any atom is 0.122 e. The molecule has 0 bridgehead atoms. The van der Waals surface area contributed by atoms with Crippen molar-refractivity contribution in [3.8, 4) is 5.75 Å². The lowest BCUT2D eigenvalue weighted by Crippen LogP contribution is -2.25. The van der Waals surface area contributed by atoms with Crippen LogP contribution in [0.4, 0.5) is 0 Å². The van der Waals surface area contributed by atoms with Crippen LogP contribution in [0.2, 0.25) is 0 Å². The van der Waals surface area contributed by atoms with Crippen molar-refractivity contribution < 1.29 is 4.74 Å². The van der Waals surface area contributed by atoms with Gasteiger partial charge >= 0.3 is 0 Å². The molecule has 3 atom stereocenters. The average molecular weight is 285 g/mol. The van der Waals surface area contributed by atoms with E-state index in [0.29, 0.717) is 6.04 Å². The van der Waals surface area contributed by atoms with Gasteiger partial charge in [0.05, 0.1) is 6.61 Å². The van der Waals surface area contributed by atoms with Gasteiger partial charge in [-0.05, 0) is 60.8 Å². The molecule has 0 radical (unpaired) electrons. The Hall–Kier alpha value is -1.02. The molecular formula is C19H27NO. The summed E-state index contributed by atoms with van der Waals surface area (Å²) in [5.41, 5.74) is 2.92.